The van der Waals surface area contributed by atoms with Crippen LogP contribution in [0.4, 0.5) is 5.69 Å². The normalized spacial score (nSPS) is 11.4. The number of benzene rings is 2. The standard InChI is InChI=1S/C13H12INO2S/c14-9-10-8-11(15)6-7-13(10)18(16,17)12-4-2-1-3-5-12/h1-8H,9,15H2. The van der Waals surface area contributed by atoms with Crippen molar-refractivity contribution in [3.05, 3.63) is 54.1 Å². The van der Waals surface area contributed by atoms with Crippen molar-refractivity contribution < 1.29 is 8.42 Å². The van der Waals surface area contributed by atoms with Gasteiger partial charge in [-0.05, 0) is 35.9 Å². The smallest absolute Gasteiger partial charge is 0.206 e. The van der Waals surface area contributed by atoms with Crippen LogP contribution in [0.5, 0.6) is 0 Å². The summed E-state index contributed by atoms with van der Waals surface area (Å²) in [6.45, 7) is 0. The topological polar surface area (TPSA) is 60.2 Å². The van der Waals surface area contributed by atoms with Crippen LogP contribution >= 0.6 is 22.6 Å². The number of anilines is 1. The van der Waals surface area contributed by atoms with Crippen molar-refractivity contribution in [2.75, 3.05) is 5.73 Å². The second-order valence-electron chi connectivity index (χ2n) is 3.82. The fourth-order valence-electron chi connectivity index (χ4n) is 1.69. The molecule has 0 radical (unpaired) electrons. The molecule has 0 aliphatic rings. The van der Waals surface area contributed by atoms with Gasteiger partial charge in [0.15, 0.2) is 0 Å². The third-order valence-electron chi connectivity index (χ3n) is 2.57. The fraction of sp³-hybridized carbons (Fsp3) is 0.0769. The molecule has 2 aromatic rings. The van der Waals surface area contributed by atoms with Gasteiger partial charge in [-0.1, -0.05) is 40.8 Å². The summed E-state index contributed by atoms with van der Waals surface area (Å²) in [5.74, 6) is 0. The molecule has 0 aromatic heterocycles. The van der Waals surface area contributed by atoms with Crippen LogP contribution in [0.1, 0.15) is 5.56 Å². The van der Waals surface area contributed by atoms with Gasteiger partial charge in [0, 0.05) is 10.1 Å². The summed E-state index contributed by atoms with van der Waals surface area (Å²) < 4.78 is 25.6. The van der Waals surface area contributed by atoms with Crippen molar-refractivity contribution in [1.29, 1.82) is 0 Å². The van der Waals surface area contributed by atoms with Crippen LogP contribution in [-0.4, -0.2) is 8.42 Å². The average Bonchev–Trinajstić information content (AvgIpc) is 2.39. The van der Waals surface area contributed by atoms with Crippen molar-refractivity contribution in [2.45, 2.75) is 14.2 Å². The highest BCUT2D eigenvalue weighted by molar-refractivity contribution is 14.1. The van der Waals surface area contributed by atoms with Crippen molar-refractivity contribution in [2.24, 2.45) is 0 Å². The van der Waals surface area contributed by atoms with Gasteiger partial charge in [-0.2, -0.15) is 0 Å². The molecule has 0 heterocycles. The second-order valence-corrected chi connectivity index (χ2v) is 6.50. The Morgan fingerprint density at radius 1 is 1.06 bits per heavy atom. The number of hydrogen-bond donors (Lipinski definition) is 1. The molecule has 0 atom stereocenters. The zero-order valence-electron chi connectivity index (χ0n) is 9.51. The molecule has 0 unspecified atom stereocenters. The SMILES string of the molecule is Nc1ccc(S(=O)(=O)c2ccccc2)c(CI)c1. The second kappa shape index (κ2) is 5.27. The minimum Gasteiger partial charge on any atom is -0.399 e. The van der Waals surface area contributed by atoms with E-state index >= 15 is 0 Å². The minimum atomic E-state index is -3.46. The Bertz CT molecular complexity index is 654. The lowest BCUT2D eigenvalue weighted by molar-refractivity contribution is 0.595. The number of alkyl halides is 1. The first kappa shape index (κ1) is 13.4. The zero-order valence-corrected chi connectivity index (χ0v) is 12.5. The van der Waals surface area contributed by atoms with Crippen molar-refractivity contribution in [1.82, 2.24) is 0 Å². The highest BCUT2D eigenvalue weighted by atomic mass is 127. The molecule has 0 saturated heterocycles. The van der Waals surface area contributed by atoms with E-state index in [0.29, 0.717) is 19.9 Å². The van der Waals surface area contributed by atoms with Crippen LogP contribution in [0.25, 0.3) is 0 Å². The molecule has 3 nitrogen and oxygen atoms in total. The molecule has 94 valence electrons. The molecule has 18 heavy (non-hydrogen) atoms. The van der Waals surface area contributed by atoms with Gasteiger partial charge in [-0.3, -0.25) is 0 Å². The first-order valence-electron chi connectivity index (χ1n) is 5.30. The first-order chi connectivity index (χ1) is 8.55. The third kappa shape index (κ3) is 2.51. The van der Waals surface area contributed by atoms with Gasteiger partial charge in [-0.25, -0.2) is 8.42 Å². The van der Waals surface area contributed by atoms with E-state index in [1.54, 1.807) is 48.5 Å². The third-order valence-corrected chi connectivity index (χ3v) is 5.26. The molecule has 0 bridgehead atoms. The van der Waals surface area contributed by atoms with Crippen LogP contribution in [0.15, 0.2) is 58.3 Å². The van der Waals surface area contributed by atoms with Crippen LogP contribution in [0.2, 0.25) is 0 Å². The van der Waals surface area contributed by atoms with Crippen molar-refractivity contribution >= 4 is 38.1 Å². The highest BCUT2D eigenvalue weighted by Gasteiger charge is 2.20. The molecular formula is C13H12INO2S. The average molecular weight is 373 g/mol. The number of hydrogen-bond acceptors (Lipinski definition) is 3. The van der Waals surface area contributed by atoms with Gasteiger partial charge < -0.3 is 5.73 Å². The van der Waals surface area contributed by atoms with Crippen LogP contribution < -0.4 is 5.73 Å². The number of sulfone groups is 1. The molecule has 0 fully saturated rings. The summed E-state index contributed by atoms with van der Waals surface area (Å²) in [6.07, 6.45) is 0. The molecular weight excluding hydrogens is 361 g/mol. The van der Waals surface area contributed by atoms with E-state index in [9.17, 15) is 8.42 Å². The van der Waals surface area contributed by atoms with Crippen molar-refractivity contribution in [3.63, 3.8) is 0 Å². The Kier molecular flexibility index (Phi) is 3.91. The van der Waals surface area contributed by atoms with Crippen LogP contribution in [0.3, 0.4) is 0 Å². The summed E-state index contributed by atoms with van der Waals surface area (Å²) >= 11 is 2.13. The molecule has 0 aliphatic carbocycles. The maximum atomic E-state index is 12.5. The van der Waals surface area contributed by atoms with Crippen molar-refractivity contribution in [3.8, 4) is 0 Å². The van der Waals surface area contributed by atoms with Gasteiger partial charge >= 0.3 is 0 Å². The zero-order chi connectivity index (χ0) is 13.2. The maximum Gasteiger partial charge on any atom is 0.206 e. The maximum absolute atomic E-state index is 12.5. The number of rotatable bonds is 3. The van der Waals surface area contributed by atoms with E-state index in [0.717, 1.165) is 5.56 Å². The molecule has 2 aromatic carbocycles. The summed E-state index contributed by atoms with van der Waals surface area (Å²) in [6, 6.07) is 13.3. The fourth-order valence-corrected chi connectivity index (χ4v) is 4.08. The van der Waals surface area contributed by atoms with Gasteiger partial charge in [0.05, 0.1) is 9.79 Å². The molecule has 2 N–H and O–H groups in total. The predicted molar refractivity (Wildman–Crippen MR) is 80.5 cm³/mol. The molecule has 0 aliphatic heterocycles. The Balaban J connectivity index is 2.62. The molecule has 0 amide bonds. The lowest BCUT2D eigenvalue weighted by Crippen LogP contribution is -2.05. The van der Waals surface area contributed by atoms with E-state index in [1.165, 1.54) is 0 Å². The van der Waals surface area contributed by atoms with Gasteiger partial charge in [-0.15, -0.1) is 0 Å². The first-order valence-corrected chi connectivity index (χ1v) is 8.31. The quantitative estimate of drug-likeness (QED) is 0.511. The van der Waals surface area contributed by atoms with E-state index < -0.39 is 9.84 Å². The number of nitrogens with two attached hydrogens (primary N) is 1. The molecule has 5 heteroatoms. The minimum absolute atomic E-state index is 0.306. The van der Waals surface area contributed by atoms with Gasteiger partial charge in [0.1, 0.15) is 0 Å². The largest absolute Gasteiger partial charge is 0.399 e. The Morgan fingerprint density at radius 2 is 1.72 bits per heavy atom. The summed E-state index contributed by atoms with van der Waals surface area (Å²) in [5.41, 5.74) is 7.00. The summed E-state index contributed by atoms with van der Waals surface area (Å²) in [7, 11) is -3.46. The Labute approximate surface area is 120 Å². The monoisotopic (exact) mass is 373 g/mol. The van der Waals surface area contributed by atoms with E-state index in [2.05, 4.69) is 22.6 Å². The number of nitrogen functional groups attached to an aromatic ring is 1. The van der Waals surface area contributed by atoms with E-state index in [4.69, 9.17) is 5.73 Å². The molecule has 0 saturated carbocycles. The Morgan fingerprint density at radius 3 is 2.33 bits per heavy atom. The number of halogens is 1. The predicted octanol–water partition coefficient (Wildman–Crippen LogP) is 3.04. The highest BCUT2D eigenvalue weighted by Crippen LogP contribution is 2.27. The summed E-state index contributed by atoms with van der Waals surface area (Å²) in [4.78, 5) is 0.637. The lowest BCUT2D eigenvalue weighted by Gasteiger charge is -2.09. The Hall–Kier alpha value is -1.08. The van der Waals surface area contributed by atoms with Gasteiger partial charge in [0.2, 0.25) is 9.84 Å². The van der Waals surface area contributed by atoms with Crippen LogP contribution in [0, 0.1) is 0 Å². The molecule has 2 rings (SSSR count). The molecule has 0 spiro atoms. The van der Waals surface area contributed by atoms with Crippen LogP contribution in [-0.2, 0) is 14.3 Å². The van der Waals surface area contributed by atoms with E-state index in [1.807, 2.05) is 0 Å². The van der Waals surface area contributed by atoms with Gasteiger partial charge in [0.25, 0.3) is 0 Å². The lowest BCUT2D eigenvalue weighted by atomic mass is 10.2. The van der Waals surface area contributed by atoms with E-state index in [-0.39, 0.29) is 0 Å². The summed E-state index contributed by atoms with van der Waals surface area (Å²) in [5, 5.41) is 0.